The maximum Gasteiger partial charge on any atom is 0.251 e. The average Bonchev–Trinajstić information content (AvgIpc) is 3.51. The minimum absolute atomic E-state index is 0.0915. The van der Waals surface area contributed by atoms with E-state index < -0.39 is 0 Å². The lowest BCUT2D eigenvalue weighted by molar-refractivity contribution is 0.0952. The van der Waals surface area contributed by atoms with E-state index in [9.17, 15) is 4.79 Å². The van der Waals surface area contributed by atoms with Gasteiger partial charge in [0.15, 0.2) is 5.66 Å². The first-order chi connectivity index (χ1) is 11.6. The zero-order valence-corrected chi connectivity index (χ0v) is 14.0. The fraction of sp³-hybridized carbons (Fsp3) is 0.556. The molecule has 0 bridgehead atoms. The Morgan fingerprint density at radius 3 is 2.92 bits per heavy atom. The standard InChI is InChI=1S/C18H23N5O/c1-3-4-8-18(21-22-18)9-11-20-17(24)15-7-10-19-16(12-15)23(2)13-14-5-6-14/h1,7,10,12,14H,4-6,8-9,11,13H2,2H3,(H,20,24). The minimum atomic E-state index is -0.354. The summed E-state index contributed by atoms with van der Waals surface area (Å²) in [6, 6.07) is 3.58. The molecular weight excluding hydrogens is 302 g/mol. The van der Waals surface area contributed by atoms with Gasteiger partial charge < -0.3 is 10.2 Å². The molecule has 0 radical (unpaired) electrons. The number of pyridine rings is 1. The average molecular weight is 325 g/mol. The third-order valence-corrected chi connectivity index (χ3v) is 4.49. The van der Waals surface area contributed by atoms with Crippen molar-refractivity contribution < 1.29 is 4.79 Å². The van der Waals surface area contributed by atoms with Gasteiger partial charge in [0.05, 0.1) is 0 Å². The van der Waals surface area contributed by atoms with E-state index in [1.807, 2.05) is 13.1 Å². The number of hydrogen-bond acceptors (Lipinski definition) is 5. The van der Waals surface area contributed by atoms with Crippen molar-refractivity contribution in [3.8, 4) is 12.3 Å². The van der Waals surface area contributed by atoms with Gasteiger partial charge in [-0.3, -0.25) is 4.79 Å². The SMILES string of the molecule is C#CCCC1(CCNC(=O)c2ccnc(N(C)CC3CC3)c2)N=N1. The molecule has 24 heavy (non-hydrogen) atoms. The molecule has 0 spiro atoms. The minimum Gasteiger partial charge on any atom is -0.359 e. The van der Waals surface area contributed by atoms with Crippen LogP contribution in [0, 0.1) is 18.3 Å². The summed E-state index contributed by atoms with van der Waals surface area (Å²) < 4.78 is 0. The van der Waals surface area contributed by atoms with E-state index in [1.165, 1.54) is 12.8 Å². The van der Waals surface area contributed by atoms with Crippen LogP contribution >= 0.6 is 0 Å². The summed E-state index contributed by atoms with van der Waals surface area (Å²) in [6.45, 7) is 1.53. The lowest BCUT2D eigenvalue weighted by atomic mass is 10.0. The van der Waals surface area contributed by atoms with Gasteiger partial charge in [-0.1, -0.05) is 0 Å². The van der Waals surface area contributed by atoms with Crippen LogP contribution in [0.3, 0.4) is 0 Å². The Balaban J connectivity index is 1.49. The van der Waals surface area contributed by atoms with Crippen LogP contribution in [0.15, 0.2) is 28.6 Å². The maximum atomic E-state index is 12.3. The summed E-state index contributed by atoms with van der Waals surface area (Å²) in [6.07, 6.45) is 11.7. The summed E-state index contributed by atoms with van der Waals surface area (Å²) in [5.74, 6) is 4.13. The monoisotopic (exact) mass is 325 g/mol. The largest absolute Gasteiger partial charge is 0.359 e. The number of terminal acetylenes is 1. The molecule has 1 aromatic heterocycles. The predicted molar refractivity (Wildman–Crippen MR) is 92.8 cm³/mol. The number of carbonyl (C=O) groups excluding carboxylic acids is 1. The number of rotatable bonds is 9. The van der Waals surface area contributed by atoms with Gasteiger partial charge in [-0.2, -0.15) is 10.2 Å². The Labute approximate surface area is 142 Å². The van der Waals surface area contributed by atoms with E-state index >= 15 is 0 Å². The molecular formula is C18H23N5O. The molecule has 1 N–H and O–H groups in total. The van der Waals surface area contributed by atoms with Crippen LogP contribution in [-0.2, 0) is 0 Å². The van der Waals surface area contributed by atoms with E-state index in [0.717, 1.165) is 24.7 Å². The van der Waals surface area contributed by atoms with Crippen LogP contribution in [0.1, 0.15) is 42.5 Å². The Morgan fingerprint density at radius 2 is 2.25 bits per heavy atom. The molecule has 1 amide bonds. The molecule has 3 rings (SSSR count). The predicted octanol–water partition coefficient (Wildman–Crippen LogP) is 2.62. The molecule has 0 saturated heterocycles. The van der Waals surface area contributed by atoms with E-state index in [2.05, 4.69) is 31.3 Å². The van der Waals surface area contributed by atoms with Gasteiger partial charge in [-0.25, -0.2) is 4.98 Å². The number of amides is 1. The number of anilines is 1. The summed E-state index contributed by atoms with van der Waals surface area (Å²) >= 11 is 0. The number of aromatic nitrogens is 1. The molecule has 2 aliphatic rings. The van der Waals surface area contributed by atoms with Gasteiger partial charge >= 0.3 is 0 Å². The quantitative estimate of drug-likeness (QED) is 0.710. The van der Waals surface area contributed by atoms with Gasteiger partial charge in [0.1, 0.15) is 5.82 Å². The van der Waals surface area contributed by atoms with Gasteiger partial charge in [0, 0.05) is 51.2 Å². The van der Waals surface area contributed by atoms with Crippen LogP contribution in [0.4, 0.5) is 5.82 Å². The first-order valence-corrected chi connectivity index (χ1v) is 8.45. The highest BCUT2D eigenvalue weighted by molar-refractivity contribution is 5.94. The topological polar surface area (TPSA) is 70.0 Å². The van der Waals surface area contributed by atoms with Crippen LogP contribution in [0.5, 0.6) is 0 Å². The molecule has 126 valence electrons. The van der Waals surface area contributed by atoms with Crippen molar-refractivity contribution in [1.82, 2.24) is 10.3 Å². The second kappa shape index (κ2) is 7.00. The van der Waals surface area contributed by atoms with Crippen LogP contribution in [0.25, 0.3) is 0 Å². The summed E-state index contributed by atoms with van der Waals surface area (Å²) in [4.78, 5) is 18.8. The van der Waals surface area contributed by atoms with Crippen molar-refractivity contribution in [2.24, 2.45) is 16.1 Å². The molecule has 1 fully saturated rings. The molecule has 1 aliphatic carbocycles. The Bertz CT molecular complexity index is 668. The summed E-state index contributed by atoms with van der Waals surface area (Å²) in [5.41, 5.74) is 0.276. The van der Waals surface area contributed by atoms with Gasteiger partial charge in [0.25, 0.3) is 5.91 Å². The Kier molecular flexibility index (Phi) is 4.79. The van der Waals surface area contributed by atoms with Crippen molar-refractivity contribution in [1.29, 1.82) is 0 Å². The van der Waals surface area contributed by atoms with E-state index in [0.29, 0.717) is 24.9 Å². The van der Waals surface area contributed by atoms with Crippen LogP contribution < -0.4 is 10.2 Å². The van der Waals surface area contributed by atoms with E-state index in [4.69, 9.17) is 6.42 Å². The third kappa shape index (κ3) is 4.31. The normalized spacial score (nSPS) is 17.2. The van der Waals surface area contributed by atoms with Gasteiger partial charge in [-0.15, -0.1) is 12.3 Å². The zero-order valence-electron chi connectivity index (χ0n) is 14.0. The molecule has 6 nitrogen and oxygen atoms in total. The smallest absolute Gasteiger partial charge is 0.251 e. The molecule has 1 aliphatic heterocycles. The van der Waals surface area contributed by atoms with Crippen molar-refractivity contribution >= 4 is 11.7 Å². The zero-order chi connectivity index (χ0) is 17.0. The van der Waals surface area contributed by atoms with Crippen LogP contribution in [-0.4, -0.2) is 36.7 Å². The fourth-order valence-corrected chi connectivity index (χ4v) is 2.70. The Morgan fingerprint density at radius 1 is 1.46 bits per heavy atom. The maximum absolute atomic E-state index is 12.3. The lowest BCUT2D eigenvalue weighted by Crippen LogP contribution is -2.28. The molecule has 1 aromatic rings. The first kappa shape index (κ1) is 16.4. The van der Waals surface area contributed by atoms with Crippen molar-refractivity contribution in [2.45, 2.75) is 37.8 Å². The fourth-order valence-electron chi connectivity index (χ4n) is 2.70. The van der Waals surface area contributed by atoms with Gasteiger partial charge in [0.2, 0.25) is 0 Å². The van der Waals surface area contributed by atoms with Crippen molar-refractivity contribution in [3.05, 3.63) is 23.9 Å². The molecule has 1 saturated carbocycles. The highest BCUT2D eigenvalue weighted by Crippen LogP contribution is 2.36. The Hall–Kier alpha value is -2.42. The number of nitrogens with zero attached hydrogens (tertiary/aromatic N) is 4. The number of hydrogen-bond donors (Lipinski definition) is 1. The molecule has 0 atom stereocenters. The molecule has 0 aromatic carbocycles. The highest BCUT2D eigenvalue weighted by Gasteiger charge is 2.38. The summed E-state index contributed by atoms with van der Waals surface area (Å²) in [7, 11) is 2.02. The third-order valence-electron chi connectivity index (χ3n) is 4.49. The second-order valence-electron chi connectivity index (χ2n) is 6.62. The van der Waals surface area contributed by atoms with Gasteiger partial charge in [-0.05, 0) is 30.9 Å². The van der Waals surface area contributed by atoms with Crippen molar-refractivity contribution in [3.63, 3.8) is 0 Å². The lowest BCUT2D eigenvalue weighted by Gasteiger charge is -2.18. The van der Waals surface area contributed by atoms with E-state index in [1.54, 1.807) is 12.3 Å². The molecule has 0 unspecified atom stereocenters. The number of nitrogens with one attached hydrogen (secondary N) is 1. The molecule has 6 heteroatoms. The van der Waals surface area contributed by atoms with Crippen LogP contribution in [0.2, 0.25) is 0 Å². The summed E-state index contributed by atoms with van der Waals surface area (Å²) in [5, 5.41) is 11.1. The van der Waals surface area contributed by atoms with E-state index in [-0.39, 0.29) is 11.6 Å². The highest BCUT2D eigenvalue weighted by atomic mass is 16.1. The first-order valence-electron chi connectivity index (χ1n) is 8.45. The number of carbonyl (C=O) groups is 1. The molecule has 2 heterocycles. The second-order valence-corrected chi connectivity index (χ2v) is 6.62. The van der Waals surface area contributed by atoms with Crippen molar-refractivity contribution in [2.75, 3.05) is 25.0 Å².